The van der Waals surface area contributed by atoms with Gasteiger partial charge in [-0.05, 0) is 89.2 Å². The van der Waals surface area contributed by atoms with E-state index in [9.17, 15) is 17.6 Å². The summed E-state index contributed by atoms with van der Waals surface area (Å²) in [4.78, 5) is 26.2. The van der Waals surface area contributed by atoms with Crippen LogP contribution in [0.25, 0.3) is 33.9 Å². The van der Waals surface area contributed by atoms with Crippen LogP contribution in [0.2, 0.25) is 0 Å². The van der Waals surface area contributed by atoms with Gasteiger partial charge in [0.1, 0.15) is 48.6 Å². The van der Waals surface area contributed by atoms with E-state index in [-0.39, 0.29) is 63.1 Å². The van der Waals surface area contributed by atoms with Crippen LogP contribution in [0.3, 0.4) is 0 Å². The minimum atomic E-state index is -1.09. The Morgan fingerprint density at radius 2 is 0.959 bits per heavy atom. The predicted octanol–water partition coefficient (Wildman–Crippen LogP) is 6.84. The fraction of sp³-hybridized carbons (Fsp3) is 0.118. The van der Waals surface area contributed by atoms with Crippen LogP contribution in [0.1, 0.15) is 0 Å². The molecule has 11 rings (SSSR count). The van der Waals surface area contributed by atoms with Gasteiger partial charge in [-0.25, -0.2) is 26.7 Å². The van der Waals surface area contributed by atoms with Gasteiger partial charge in [-0.1, -0.05) is 59.0 Å². The summed E-state index contributed by atoms with van der Waals surface area (Å²) in [6, 6.07) is 23.9. The molecule has 0 saturated heterocycles. The first-order chi connectivity index (χ1) is 34.2. The predicted molar refractivity (Wildman–Crippen MR) is 253 cm³/mol. The van der Waals surface area contributed by atoms with Crippen molar-refractivity contribution in [2.75, 3.05) is 47.8 Å². The van der Waals surface area contributed by atoms with E-state index in [1.54, 1.807) is 0 Å². The molecule has 5 aromatic heterocycles. The number of rotatable bonds is 10. The Kier molecular flexibility index (Phi) is 15.4. The van der Waals surface area contributed by atoms with Crippen LogP contribution >= 0.6 is 0 Å². The molecule has 0 fully saturated rings. The zero-order valence-electron chi connectivity index (χ0n) is 39.6. The number of ether oxygens (including phenoxy) is 1. The van der Waals surface area contributed by atoms with Crippen molar-refractivity contribution in [3.8, 4) is 45.4 Å². The number of hydrogen-bond acceptors (Lipinski definition) is 12. The second kappa shape index (κ2) is 21.7. The van der Waals surface area contributed by atoms with E-state index in [4.69, 9.17) is 4.74 Å². The molecule has 377 valence electrons. The quantitative estimate of drug-likeness (QED) is 0.0473. The summed E-state index contributed by atoms with van der Waals surface area (Å²) in [5.74, 6) is -3.20. The molecular weight excluding hydrogens is 1210 g/mol. The maximum atomic E-state index is 13.6. The Hall–Kier alpha value is -7.50. The zero-order chi connectivity index (χ0) is 49.5. The summed E-state index contributed by atoms with van der Waals surface area (Å²) in [7, 11) is 12.0. The van der Waals surface area contributed by atoms with Crippen molar-refractivity contribution in [3.05, 3.63) is 204 Å². The minimum absolute atomic E-state index is 0. The molecule has 0 N–H and O–H groups in total. The largest absolute Gasteiger partial charge is 4.00 e. The van der Waals surface area contributed by atoms with Crippen LogP contribution in [0, 0.1) is 80.8 Å². The van der Waals surface area contributed by atoms with Crippen molar-refractivity contribution >= 4 is 22.7 Å². The molecule has 0 unspecified atom stereocenters. The Morgan fingerprint density at radius 3 is 1.38 bits per heavy atom. The molecule has 0 aliphatic carbocycles. The van der Waals surface area contributed by atoms with Gasteiger partial charge in [0.15, 0.2) is 0 Å². The van der Waals surface area contributed by atoms with Crippen molar-refractivity contribution in [2.45, 2.75) is 0 Å². The number of hydrogen-bond donors (Lipinski definition) is 0. The van der Waals surface area contributed by atoms with E-state index in [1.807, 2.05) is 209 Å². The number of imidazole rings is 2. The smallest absolute Gasteiger partial charge is 0.560 e. The van der Waals surface area contributed by atoms with Gasteiger partial charge in [-0.2, -0.15) is 43.7 Å². The molecule has 0 atom stereocenters. The summed E-state index contributed by atoms with van der Waals surface area (Å²) in [6.45, 7) is 8.00. The fourth-order valence-electron chi connectivity index (χ4n) is 7.68. The standard InChI is InChI=1S/C36H37N12O.C15H5F4N3.Pt.Rh/c1-37-7-13-43(23-37)29-19-33(47-17-11-41(5)27-47)35(21-31(29)45-15-9-39(3)25-45)49-36-22-32(46-16-10-40(4)26-46)30(44-14-8-38(2)24-44)20-34(36)48-18-12-42(6)28-48;16-12-6-4-8(14(18)21-12)10-2-1-3-11(20-10)9-5-7-13(17)22-15(9)19;;/h7-19,23-28H,1-6H3;1-3,6-7H;;/q-5;-2;+4;. The van der Waals surface area contributed by atoms with Crippen molar-refractivity contribution in [1.29, 1.82) is 0 Å². The third-order valence-corrected chi connectivity index (χ3v) is 11.1. The maximum absolute atomic E-state index is 13.6. The Bertz CT molecular complexity index is 3210. The molecule has 2 aromatic carbocycles. The number of anilines is 4. The summed E-state index contributed by atoms with van der Waals surface area (Å²) >= 11 is 0. The van der Waals surface area contributed by atoms with Gasteiger partial charge in [0.25, 0.3) is 0 Å². The summed E-state index contributed by atoms with van der Waals surface area (Å²) < 4.78 is 68.0. The number of aromatic nitrogens is 7. The average molecular weight is 1250 g/mol. The first-order valence-corrected chi connectivity index (χ1v) is 21.7. The van der Waals surface area contributed by atoms with Crippen molar-refractivity contribution < 1.29 is 72.0 Å². The van der Waals surface area contributed by atoms with E-state index in [0.717, 1.165) is 40.6 Å². The van der Waals surface area contributed by atoms with Crippen LogP contribution in [-0.2, 0) is 54.6 Å². The molecule has 4 aliphatic rings. The van der Waals surface area contributed by atoms with Crippen molar-refractivity contribution in [1.82, 2.24) is 43.7 Å². The topological polar surface area (TPSA) is 91.4 Å². The molecule has 0 spiro atoms. The van der Waals surface area contributed by atoms with Gasteiger partial charge in [-0.3, -0.25) is 31.2 Å². The maximum Gasteiger partial charge on any atom is 4.00 e. The Balaban J connectivity index is 0.000000249. The molecule has 22 heteroatoms. The molecule has 4 aliphatic heterocycles. The second-order valence-corrected chi connectivity index (χ2v) is 16.5. The molecule has 1 radical (unpaired) electrons. The van der Waals surface area contributed by atoms with E-state index in [2.05, 4.69) is 55.9 Å². The van der Waals surface area contributed by atoms with Crippen LogP contribution in [0.5, 0.6) is 11.5 Å². The second-order valence-electron chi connectivity index (χ2n) is 16.5. The molecule has 0 bridgehead atoms. The first-order valence-electron chi connectivity index (χ1n) is 21.7. The molecular formula is C51H42F4N15OPtRh-3. The third kappa shape index (κ3) is 11.1. The van der Waals surface area contributed by atoms with Crippen LogP contribution < -0.4 is 33.5 Å². The minimum Gasteiger partial charge on any atom is -0.560 e. The number of benzene rings is 2. The zero-order valence-corrected chi connectivity index (χ0v) is 43.5. The molecule has 16 nitrogen and oxygen atoms in total. The normalized spacial score (nSPS) is 14.7. The van der Waals surface area contributed by atoms with Gasteiger partial charge in [0.05, 0.1) is 19.8 Å². The number of aryl methyl sites for hydroxylation is 2. The van der Waals surface area contributed by atoms with E-state index >= 15 is 0 Å². The van der Waals surface area contributed by atoms with Crippen molar-refractivity contribution in [2.24, 2.45) is 14.1 Å². The number of pyridine rings is 3. The van der Waals surface area contributed by atoms with E-state index in [1.165, 1.54) is 18.2 Å². The summed E-state index contributed by atoms with van der Waals surface area (Å²) in [5.41, 5.74) is 4.64. The van der Waals surface area contributed by atoms with Crippen LogP contribution in [0.15, 0.2) is 123 Å². The Morgan fingerprint density at radius 1 is 0.534 bits per heavy atom. The van der Waals surface area contributed by atoms with Gasteiger partial charge in [-0.15, -0.1) is 18.2 Å². The van der Waals surface area contributed by atoms with Gasteiger partial charge >= 0.3 is 21.1 Å². The van der Waals surface area contributed by atoms with E-state index in [0.29, 0.717) is 17.2 Å². The average Bonchev–Trinajstić information content (AvgIpc) is 4.23. The van der Waals surface area contributed by atoms with Gasteiger partial charge < -0.3 is 48.9 Å². The molecule has 9 heterocycles. The van der Waals surface area contributed by atoms with Crippen molar-refractivity contribution in [3.63, 3.8) is 0 Å². The SMILES string of the molecule is CN1C=CN(c2[c-]c(N3C=CN(C)[CH-]3)c(N3C=CN(C)[CH-]3)[c-]c2Oc2[c-]c(N3C=CN(C)[CH-]3)c(-n3cc[n+](C)c3)cc2-n2cc[n+](C)c2)[CH-]1.Fc1c[c-]c(-c2cccc(-c3[c-]cc(F)nc3F)n2)c(F)n1.[Pt+4].[Rh]. The summed E-state index contributed by atoms with van der Waals surface area (Å²) in [5, 5.41) is 0. The molecule has 0 amide bonds. The Labute approximate surface area is 447 Å². The monoisotopic (exact) mass is 1250 g/mol. The molecule has 0 saturated carbocycles. The third-order valence-electron chi connectivity index (χ3n) is 11.1. The van der Waals surface area contributed by atoms with Crippen LogP contribution in [0.4, 0.5) is 40.3 Å². The fourth-order valence-corrected chi connectivity index (χ4v) is 7.68. The summed E-state index contributed by atoms with van der Waals surface area (Å²) in [6.07, 6.45) is 28.1. The molecule has 7 aromatic rings. The van der Waals surface area contributed by atoms with Crippen LogP contribution in [-0.4, -0.2) is 71.9 Å². The number of halogens is 4. The number of nitrogens with zero attached hydrogens (tertiary/aromatic N) is 15. The van der Waals surface area contributed by atoms with E-state index < -0.39 is 23.8 Å². The van der Waals surface area contributed by atoms with Gasteiger partial charge in [0, 0.05) is 30.9 Å². The molecule has 73 heavy (non-hydrogen) atoms. The first kappa shape index (κ1) is 51.8. The van der Waals surface area contributed by atoms with Gasteiger partial charge in [0.2, 0.25) is 12.7 Å².